The largest absolute Gasteiger partial charge is 0.229 e. The average Bonchev–Trinajstić information content (AvgIpc) is 2.01. The lowest BCUT2D eigenvalue weighted by Gasteiger charge is -2.01. The van der Waals surface area contributed by atoms with Gasteiger partial charge >= 0.3 is 0 Å². The summed E-state index contributed by atoms with van der Waals surface area (Å²) in [5, 5.41) is 0. The van der Waals surface area contributed by atoms with Crippen LogP contribution in [0.3, 0.4) is 0 Å². The zero-order valence-corrected chi connectivity index (χ0v) is 9.11. The van der Waals surface area contributed by atoms with E-state index in [1.54, 1.807) is 0 Å². The highest BCUT2D eigenvalue weighted by atomic mass is 32.2. The summed E-state index contributed by atoms with van der Waals surface area (Å²) in [5.41, 5.74) is 1.87. The minimum Gasteiger partial charge on any atom is -0.229 e. The number of sulfone groups is 1. The number of hydrogen-bond acceptors (Lipinski definition) is 3. The highest BCUT2D eigenvalue weighted by Crippen LogP contribution is 2.10. The third-order valence-electron chi connectivity index (χ3n) is 1.60. The Balaban J connectivity index is 2.90. The van der Waals surface area contributed by atoms with Crippen molar-refractivity contribution in [1.82, 2.24) is 0 Å². The predicted molar refractivity (Wildman–Crippen MR) is 57.7 cm³/mol. The first-order chi connectivity index (χ1) is 6.01. The Labute approximate surface area is 84.3 Å². The van der Waals surface area contributed by atoms with Crippen LogP contribution in [0.5, 0.6) is 0 Å². The molecule has 0 saturated heterocycles. The summed E-state index contributed by atoms with van der Waals surface area (Å²) < 4.78 is 22.0. The lowest BCUT2D eigenvalue weighted by Crippen LogP contribution is -2.00. The Bertz CT molecular complexity index is 382. The average molecular weight is 216 g/mol. The van der Waals surface area contributed by atoms with Gasteiger partial charge in [-0.05, 0) is 11.1 Å². The van der Waals surface area contributed by atoms with Crippen molar-refractivity contribution in [3.63, 3.8) is 0 Å². The summed E-state index contributed by atoms with van der Waals surface area (Å²) in [4.78, 5) is 0. The van der Waals surface area contributed by atoms with Gasteiger partial charge < -0.3 is 0 Å². The Hall–Kier alpha value is -0.480. The Kier molecular flexibility index (Phi) is 3.39. The van der Waals surface area contributed by atoms with E-state index in [2.05, 4.69) is 12.6 Å². The molecular weight excluding hydrogens is 204 g/mol. The van der Waals surface area contributed by atoms with E-state index < -0.39 is 9.84 Å². The molecule has 1 aromatic rings. The van der Waals surface area contributed by atoms with Crippen LogP contribution >= 0.6 is 12.6 Å². The van der Waals surface area contributed by atoms with E-state index >= 15 is 0 Å². The number of benzene rings is 1. The van der Waals surface area contributed by atoms with Crippen LogP contribution in [-0.4, -0.2) is 14.7 Å². The van der Waals surface area contributed by atoms with Gasteiger partial charge in [0.05, 0.1) is 5.75 Å². The highest BCUT2D eigenvalue weighted by Gasteiger charge is 2.04. The van der Waals surface area contributed by atoms with Crippen molar-refractivity contribution in [3.8, 4) is 0 Å². The number of thiol groups is 1. The summed E-state index contributed by atoms with van der Waals surface area (Å²) in [6, 6.07) is 7.47. The summed E-state index contributed by atoms with van der Waals surface area (Å²) in [5.74, 6) is 0.742. The van der Waals surface area contributed by atoms with Crippen molar-refractivity contribution in [2.24, 2.45) is 0 Å². The smallest absolute Gasteiger partial charge is 0.151 e. The van der Waals surface area contributed by atoms with Crippen LogP contribution in [0.25, 0.3) is 0 Å². The Morgan fingerprint density at radius 1 is 1.31 bits per heavy atom. The monoisotopic (exact) mass is 216 g/mol. The summed E-state index contributed by atoms with van der Waals surface area (Å²) in [7, 11) is -2.93. The molecule has 0 heterocycles. The SMILES string of the molecule is CS(=O)(=O)Cc1cccc(CS)c1. The summed E-state index contributed by atoms with van der Waals surface area (Å²) in [6.07, 6.45) is 1.24. The first-order valence-corrected chi connectivity index (χ1v) is 6.57. The minimum atomic E-state index is -2.93. The van der Waals surface area contributed by atoms with E-state index in [0.717, 1.165) is 11.1 Å². The van der Waals surface area contributed by atoms with Crippen molar-refractivity contribution in [1.29, 1.82) is 0 Å². The molecule has 2 nitrogen and oxygen atoms in total. The number of hydrogen-bond donors (Lipinski definition) is 1. The van der Waals surface area contributed by atoms with Gasteiger partial charge in [0.1, 0.15) is 0 Å². The van der Waals surface area contributed by atoms with Gasteiger partial charge in [0.15, 0.2) is 9.84 Å². The molecule has 0 aliphatic heterocycles. The summed E-state index contributed by atoms with van der Waals surface area (Å²) in [6.45, 7) is 0. The van der Waals surface area contributed by atoms with E-state index in [9.17, 15) is 8.42 Å². The molecule has 1 aromatic carbocycles. The van der Waals surface area contributed by atoms with Crippen LogP contribution in [0.15, 0.2) is 24.3 Å². The lowest BCUT2D eigenvalue weighted by molar-refractivity contribution is 0.601. The quantitative estimate of drug-likeness (QED) is 0.780. The van der Waals surface area contributed by atoms with Crippen LogP contribution in [0.2, 0.25) is 0 Å². The third kappa shape index (κ3) is 3.83. The molecular formula is C9H12O2S2. The zero-order chi connectivity index (χ0) is 9.90. The fraction of sp³-hybridized carbons (Fsp3) is 0.333. The van der Waals surface area contributed by atoms with Crippen molar-refractivity contribution < 1.29 is 8.42 Å². The summed E-state index contributed by atoms with van der Waals surface area (Å²) >= 11 is 4.12. The van der Waals surface area contributed by atoms with Crippen molar-refractivity contribution in [3.05, 3.63) is 35.4 Å². The molecule has 0 fully saturated rings. The molecule has 0 saturated carbocycles. The molecule has 13 heavy (non-hydrogen) atoms. The standard InChI is InChI=1S/C9H12O2S2/c1-13(10,11)7-9-4-2-3-8(5-9)6-12/h2-5,12H,6-7H2,1H3. The number of rotatable bonds is 3. The van der Waals surface area contributed by atoms with Crippen LogP contribution in [0, 0.1) is 0 Å². The Morgan fingerprint density at radius 2 is 1.92 bits per heavy atom. The molecule has 72 valence electrons. The van der Waals surface area contributed by atoms with Crippen molar-refractivity contribution in [2.45, 2.75) is 11.5 Å². The van der Waals surface area contributed by atoms with Gasteiger partial charge in [-0.15, -0.1) is 0 Å². The fourth-order valence-corrected chi connectivity index (χ4v) is 2.10. The van der Waals surface area contributed by atoms with E-state index in [-0.39, 0.29) is 5.75 Å². The van der Waals surface area contributed by atoms with Crippen LogP contribution < -0.4 is 0 Å². The molecule has 0 N–H and O–H groups in total. The molecule has 0 spiro atoms. The van der Waals surface area contributed by atoms with Crippen LogP contribution in [-0.2, 0) is 21.3 Å². The first kappa shape index (κ1) is 10.6. The molecule has 0 aromatic heterocycles. The lowest BCUT2D eigenvalue weighted by atomic mass is 10.2. The maximum Gasteiger partial charge on any atom is 0.151 e. The van der Waals surface area contributed by atoms with E-state index in [1.165, 1.54) is 6.26 Å². The fourth-order valence-electron chi connectivity index (χ4n) is 1.12. The molecule has 1 rings (SSSR count). The highest BCUT2D eigenvalue weighted by molar-refractivity contribution is 7.89. The van der Waals surface area contributed by atoms with Crippen molar-refractivity contribution in [2.75, 3.05) is 6.26 Å². The topological polar surface area (TPSA) is 34.1 Å². The molecule has 0 unspecified atom stereocenters. The van der Waals surface area contributed by atoms with Gasteiger partial charge in [-0.2, -0.15) is 12.6 Å². The normalized spacial score (nSPS) is 11.5. The van der Waals surface area contributed by atoms with Gasteiger partial charge in [-0.3, -0.25) is 0 Å². The first-order valence-electron chi connectivity index (χ1n) is 3.87. The van der Waals surface area contributed by atoms with Crippen molar-refractivity contribution >= 4 is 22.5 Å². The molecule has 4 heteroatoms. The minimum absolute atomic E-state index is 0.106. The molecule has 0 amide bonds. The Morgan fingerprint density at radius 3 is 2.46 bits per heavy atom. The predicted octanol–water partition coefficient (Wildman–Crippen LogP) is 1.66. The molecule has 0 aliphatic carbocycles. The molecule has 0 aliphatic rings. The maximum atomic E-state index is 11.0. The van der Waals surface area contributed by atoms with E-state index in [4.69, 9.17) is 0 Å². The second-order valence-electron chi connectivity index (χ2n) is 3.05. The van der Waals surface area contributed by atoms with Gasteiger partial charge in [0.25, 0.3) is 0 Å². The van der Waals surface area contributed by atoms with Gasteiger partial charge in [-0.1, -0.05) is 24.3 Å². The zero-order valence-electron chi connectivity index (χ0n) is 7.40. The van der Waals surface area contributed by atoms with Gasteiger partial charge in [0.2, 0.25) is 0 Å². The van der Waals surface area contributed by atoms with Crippen LogP contribution in [0.4, 0.5) is 0 Å². The van der Waals surface area contributed by atoms with Gasteiger partial charge in [0, 0.05) is 12.0 Å². The maximum absolute atomic E-state index is 11.0. The second kappa shape index (κ2) is 4.15. The molecule has 0 bridgehead atoms. The molecule has 0 atom stereocenters. The molecule has 0 radical (unpaired) electrons. The second-order valence-corrected chi connectivity index (χ2v) is 5.50. The van der Waals surface area contributed by atoms with Crippen LogP contribution in [0.1, 0.15) is 11.1 Å². The van der Waals surface area contributed by atoms with E-state index in [1.807, 2.05) is 24.3 Å². The van der Waals surface area contributed by atoms with E-state index in [0.29, 0.717) is 5.75 Å². The third-order valence-corrected chi connectivity index (χ3v) is 2.83. The van der Waals surface area contributed by atoms with Gasteiger partial charge in [-0.25, -0.2) is 8.42 Å².